The lowest BCUT2D eigenvalue weighted by Crippen LogP contribution is -2.13. The third kappa shape index (κ3) is 11.5. The SMILES string of the molecule is CSc1nc(-c2ccnc(NC(=O)/C(F)=C/c3ccccc3)c2)c(-c2ccc(F)cc2)[nH]1.CSc1nc(-c2ccnc(NC(=O)/C(F)=C/c3ccccc3)c2)c(-c2ccc(F)cc2)[nH]1. The molecule has 0 aliphatic rings. The fraction of sp³-hybridized carbons (Fsp3) is 0.0417. The molecule has 8 aromatic rings. The first-order valence-electron chi connectivity index (χ1n) is 19.3. The Bertz CT molecular complexity index is 2740. The quantitative estimate of drug-likeness (QED) is 0.0540. The number of halogens is 4. The van der Waals surface area contributed by atoms with E-state index in [9.17, 15) is 27.2 Å². The van der Waals surface area contributed by atoms with E-state index >= 15 is 0 Å². The average Bonchev–Trinajstić information content (AvgIpc) is 3.96. The number of carbonyl (C=O) groups excluding carboxylic acids is 2. The van der Waals surface area contributed by atoms with Gasteiger partial charge in [-0.1, -0.05) is 84.2 Å². The molecular formula is C48H36F4N8O2S2. The highest BCUT2D eigenvalue weighted by molar-refractivity contribution is 7.98. The standard InChI is InChI=1S/2C24H18F2N4OS/c2*1-32-24-29-21(16-7-9-18(25)10-8-16)22(30-24)17-11-12-27-20(14-17)28-23(31)19(26)13-15-5-3-2-4-6-15/h2*2-14H,1H3,(H,29,30)(H,27,28,31)/b2*19-13-. The first-order chi connectivity index (χ1) is 31.1. The van der Waals surface area contributed by atoms with Crippen LogP contribution >= 0.6 is 23.5 Å². The lowest BCUT2D eigenvalue weighted by molar-refractivity contribution is -0.114. The molecule has 0 aliphatic carbocycles. The van der Waals surface area contributed by atoms with Gasteiger partial charge in [-0.15, -0.1) is 0 Å². The molecule has 0 saturated carbocycles. The number of anilines is 2. The number of imidazole rings is 2. The van der Waals surface area contributed by atoms with E-state index < -0.39 is 23.5 Å². The van der Waals surface area contributed by atoms with Crippen LogP contribution in [0.4, 0.5) is 29.2 Å². The fourth-order valence-electron chi connectivity index (χ4n) is 6.13. The summed E-state index contributed by atoms with van der Waals surface area (Å²) < 4.78 is 55.4. The second-order valence-corrected chi connectivity index (χ2v) is 15.1. The molecule has 4 aromatic carbocycles. The van der Waals surface area contributed by atoms with Crippen LogP contribution in [0.15, 0.2) is 168 Å². The molecule has 4 N–H and O–H groups in total. The summed E-state index contributed by atoms with van der Waals surface area (Å²) in [6.45, 7) is 0. The molecule has 16 heteroatoms. The first kappa shape index (κ1) is 44.5. The normalized spacial score (nSPS) is 11.4. The van der Waals surface area contributed by atoms with Crippen LogP contribution in [0.3, 0.4) is 0 Å². The Labute approximate surface area is 373 Å². The summed E-state index contributed by atoms with van der Waals surface area (Å²) in [6.07, 6.45) is 9.10. The highest BCUT2D eigenvalue weighted by Crippen LogP contribution is 2.35. The molecule has 0 unspecified atom stereocenters. The fourth-order valence-corrected chi connectivity index (χ4v) is 6.91. The minimum absolute atomic E-state index is 0.183. The summed E-state index contributed by atoms with van der Waals surface area (Å²) >= 11 is 2.87. The number of H-pyrrole nitrogens is 2. The van der Waals surface area contributed by atoms with Crippen molar-refractivity contribution in [3.8, 4) is 45.0 Å². The number of carbonyl (C=O) groups is 2. The van der Waals surface area contributed by atoms with Crippen molar-refractivity contribution in [1.29, 1.82) is 0 Å². The Kier molecular flexibility index (Phi) is 14.6. The maximum absolute atomic E-state index is 14.3. The van der Waals surface area contributed by atoms with Crippen LogP contribution in [-0.4, -0.2) is 54.2 Å². The van der Waals surface area contributed by atoms with Gasteiger partial charge in [-0.2, -0.15) is 0 Å². The molecule has 10 nitrogen and oxygen atoms in total. The lowest BCUT2D eigenvalue weighted by atomic mass is 10.1. The van der Waals surface area contributed by atoms with Crippen molar-refractivity contribution in [1.82, 2.24) is 29.9 Å². The molecular weight excluding hydrogens is 861 g/mol. The van der Waals surface area contributed by atoms with E-state index in [4.69, 9.17) is 0 Å². The second-order valence-electron chi connectivity index (χ2n) is 13.5. The van der Waals surface area contributed by atoms with Gasteiger partial charge in [0.1, 0.15) is 23.3 Å². The van der Waals surface area contributed by atoms with Gasteiger partial charge in [0.05, 0.1) is 22.8 Å². The molecule has 0 spiro atoms. The van der Waals surface area contributed by atoms with E-state index in [1.54, 1.807) is 97.1 Å². The summed E-state index contributed by atoms with van der Waals surface area (Å²) in [6, 6.07) is 36.3. The van der Waals surface area contributed by atoms with E-state index in [0.717, 1.165) is 23.3 Å². The molecule has 2 amide bonds. The number of benzene rings is 4. The summed E-state index contributed by atoms with van der Waals surface area (Å²) in [7, 11) is 0. The van der Waals surface area contributed by atoms with Gasteiger partial charge in [-0.05, 0) is 109 Å². The lowest BCUT2D eigenvalue weighted by Gasteiger charge is -2.07. The van der Waals surface area contributed by atoms with Crippen LogP contribution in [-0.2, 0) is 9.59 Å². The first-order valence-corrected chi connectivity index (χ1v) is 21.7. The highest BCUT2D eigenvalue weighted by Gasteiger charge is 2.18. The number of aromatic amines is 2. The minimum Gasteiger partial charge on any atom is -0.332 e. The van der Waals surface area contributed by atoms with Gasteiger partial charge in [0.15, 0.2) is 22.0 Å². The van der Waals surface area contributed by atoms with Crippen LogP contribution in [0.5, 0.6) is 0 Å². The molecule has 0 saturated heterocycles. The predicted molar refractivity (Wildman–Crippen MR) is 246 cm³/mol. The smallest absolute Gasteiger partial charge is 0.285 e. The molecule has 0 radical (unpaired) electrons. The third-order valence-electron chi connectivity index (χ3n) is 9.19. The van der Waals surface area contributed by atoms with Crippen molar-refractivity contribution in [2.24, 2.45) is 0 Å². The molecule has 0 fully saturated rings. The van der Waals surface area contributed by atoms with E-state index in [-0.39, 0.29) is 23.3 Å². The number of nitrogens with zero attached hydrogens (tertiary/aromatic N) is 4. The Morgan fingerprint density at radius 1 is 0.531 bits per heavy atom. The maximum atomic E-state index is 14.3. The van der Waals surface area contributed by atoms with Crippen molar-refractivity contribution in [3.63, 3.8) is 0 Å². The Hall–Kier alpha value is -7.56. The summed E-state index contributed by atoms with van der Waals surface area (Å²) in [5.41, 5.74) is 6.62. The molecule has 4 aromatic heterocycles. The van der Waals surface area contributed by atoms with Crippen LogP contribution in [0.2, 0.25) is 0 Å². The van der Waals surface area contributed by atoms with Gasteiger partial charge < -0.3 is 20.6 Å². The minimum atomic E-state index is -0.931. The van der Waals surface area contributed by atoms with Crippen molar-refractivity contribution >= 4 is 59.1 Å². The summed E-state index contributed by atoms with van der Waals surface area (Å²) in [5.74, 6) is -3.96. The molecule has 0 bridgehead atoms. The summed E-state index contributed by atoms with van der Waals surface area (Å²) in [5, 5.41) is 6.31. The van der Waals surface area contributed by atoms with Gasteiger partial charge in [0.2, 0.25) is 0 Å². The van der Waals surface area contributed by atoms with E-state index in [1.807, 2.05) is 24.6 Å². The van der Waals surface area contributed by atoms with Gasteiger partial charge >= 0.3 is 0 Å². The highest BCUT2D eigenvalue weighted by atomic mass is 32.2. The number of pyridine rings is 2. The monoisotopic (exact) mass is 896 g/mol. The number of aromatic nitrogens is 6. The van der Waals surface area contributed by atoms with Crippen molar-refractivity contribution in [3.05, 3.63) is 180 Å². The third-order valence-corrected chi connectivity index (χ3v) is 10.3. The average molecular weight is 897 g/mol. The number of nitrogens with one attached hydrogen (secondary N) is 4. The maximum Gasteiger partial charge on any atom is 0.285 e. The predicted octanol–water partition coefficient (Wildman–Crippen LogP) is 11.9. The topological polar surface area (TPSA) is 141 Å². The van der Waals surface area contributed by atoms with Crippen LogP contribution in [0.25, 0.3) is 57.2 Å². The molecule has 4 heterocycles. The van der Waals surface area contributed by atoms with Crippen molar-refractivity contribution in [2.45, 2.75) is 10.3 Å². The zero-order valence-electron chi connectivity index (χ0n) is 33.9. The van der Waals surface area contributed by atoms with Crippen LogP contribution in [0, 0.1) is 11.6 Å². The van der Waals surface area contributed by atoms with Crippen LogP contribution < -0.4 is 10.6 Å². The number of hydrogen-bond donors (Lipinski definition) is 4. The number of hydrogen-bond acceptors (Lipinski definition) is 8. The molecule has 64 heavy (non-hydrogen) atoms. The van der Waals surface area contributed by atoms with E-state index in [0.29, 0.717) is 55.3 Å². The molecule has 320 valence electrons. The number of rotatable bonds is 12. The zero-order chi connectivity index (χ0) is 45.0. The number of thioether (sulfide) groups is 2. The summed E-state index contributed by atoms with van der Waals surface area (Å²) in [4.78, 5) is 48.4. The second kappa shape index (κ2) is 21.0. The van der Waals surface area contributed by atoms with Crippen molar-refractivity contribution < 1.29 is 27.2 Å². The van der Waals surface area contributed by atoms with Gasteiger partial charge in [0, 0.05) is 34.6 Å². The van der Waals surface area contributed by atoms with E-state index in [2.05, 4.69) is 40.5 Å². The van der Waals surface area contributed by atoms with Gasteiger partial charge in [-0.25, -0.2) is 37.5 Å². The number of amides is 2. The van der Waals surface area contributed by atoms with Crippen molar-refractivity contribution in [2.75, 3.05) is 23.1 Å². The zero-order valence-corrected chi connectivity index (χ0v) is 35.6. The molecule has 0 aliphatic heterocycles. The Morgan fingerprint density at radius 3 is 1.27 bits per heavy atom. The largest absolute Gasteiger partial charge is 0.332 e. The van der Waals surface area contributed by atoms with Gasteiger partial charge in [0.25, 0.3) is 11.8 Å². The Morgan fingerprint density at radius 2 is 0.906 bits per heavy atom. The molecule has 8 rings (SSSR count). The van der Waals surface area contributed by atoms with E-state index in [1.165, 1.54) is 60.2 Å². The molecule has 0 atom stereocenters. The Balaban J connectivity index is 0.000000191. The van der Waals surface area contributed by atoms with Gasteiger partial charge in [-0.3, -0.25) is 9.59 Å². The van der Waals surface area contributed by atoms with Crippen LogP contribution in [0.1, 0.15) is 11.1 Å².